The Labute approximate surface area is 197 Å². The zero-order valence-electron chi connectivity index (χ0n) is 19.4. The molecule has 0 bridgehead atoms. The van der Waals surface area contributed by atoms with Crippen LogP contribution in [0.25, 0.3) is 22.4 Å². The van der Waals surface area contributed by atoms with Gasteiger partial charge in [-0.15, -0.1) is 0 Å². The second-order valence-corrected chi connectivity index (χ2v) is 7.84. The van der Waals surface area contributed by atoms with Crippen molar-refractivity contribution in [3.8, 4) is 17.0 Å². The number of para-hydroxylation sites is 2. The van der Waals surface area contributed by atoms with Crippen LogP contribution in [-0.4, -0.2) is 47.1 Å². The van der Waals surface area contributed by atoms with Crippen molar-refractivity contribution < 1.29 is 18.8 Å². The minimum absolute atomic E-state index is 0.112. The highest BCUT2D eigenvalue weighted by molar-refractivity contribution is 6.08. The summed E-state index contributed by atoms with van der Waals surface area (Å²) >= 11 is 0. The van der Waals surface area contributed by atoms with Crippen molar-refractivity contribution in [3.63, 3.8) is 0 Å². The second-order valence-electron chi connectivity index (χ2n) is 7.84. The first-order valence-corrected chi connectivity index (χ1v) is 11.1. The van der Waals surface area contributed by atoms with Crippen molar-refractivity contribution in [3.05, 3.63) is 71.9 Å². The number of amides is 2. The number of hydrogen-bond donors (Lipinski definition) is 1. The summed E-state index contributed by atoms with van der Waals surface area (Å²) in [5, 5.41) is 7.40. The monoisotopic (exact) mass is 458 g/mol. The van der Waals surface area contributed by atoms with E-state index in [0.717, 1.165) is 5.56 Å². The van der Waals surface area contributed by atoms with Crippen LogP contribution in [0.3, 0.4) is 0 Å². The minimum atomic E-state index is -0.318. The van der Waals surface area contributed by atoms with Gasteiger partial charge in [-0.25, -0.2) is 4.98 Å². The lowest BCUT2D eigenvalue weighted by molar-refractivity contribution is -0.116. The highest BCUT2D eigenvalue weighted by atomic mass is 16.5. The Kier molecular flexibility index (Phi) is 6.87. The van der Waals surface area contributed by atoms with Gasteiger partial charge in [-0.05, 0) is 31.5 Å². The zero-order chi connectivity index (χ0) is 24.1. The van der Waals surface area contributed by atoms with Gasteiger partial charge < -0.3 is 19.5 Å². The van der Waals surface area contributed by atoms with Crippen LogP contribution in [0, 0.1) is 6.92 Å². The molecule has 0 spiro atoms. The summed E-state index contributed by atoms with van der Waals surface area (Å²) in [5.41, 5.74) is 3.26. The number of benzene rings is 2. The second kappa shape index (κ2) is 10.2. The fraction of sp³-hybridized carbons (Fsp3) is 0.231. The molecule has 0 aliphatic carbocycles. The van der Waals surface area contributed by atoms with Gasteiger partial charge in [0.25, 0.3) is 11.6 Å². The van der Waals surface area contributed by atoms with Crippen LogP contribution in [0.4, 0.5) is 5.69 Å². The van der Waals surface area contributed by atoms with Gasteiger partial charge in [-0.1, -0.05) is 54.5 Å². The maximum Gasteiger partial charge on any atom is 0.259 e. The topological polar surface area (TPSA) is 97.6 Å². The molecule has 2 aromatic heterocycles. The van der Waals surface area contributed by atoms with E-state index in [0.29, 0.717) is 46.7 Å². The molecule has 8 heteroatoms. The lowest BCUT2D eigenvalue weighted by Crippen LogP contribution is -2.38. The number of aryl methyl sites for hydroxylation is 1. The smallest absolute Gasteiger partial charge is 0.259 e. The molecule has 0 saturated heterocycles. The van der Waals surface area contributed by atoms with Crippen LogP contribution < -0.4 is 10.1 Å². The number of pyridine rings is 1. The van der Waals surface area contributed by atoms with E-state index < -0.39 is 0 Å². The van der Waals surface area contributed by atoms with Crippen molar-refractivity contribution in [2.45, 2.75) is 20.3 Å². The standard InChI is InChI=1S/C26H26N4O4/c1-4-14-30(16-23(31)27-20-12-8-9-13-22(20)33-3)26(32)19-15-21(18-10-6-5-7-11-18)28-25-24(19)17(2)29-34-25/h5-13,15H,4,14,16H2,1-3H3,(H,27,31). The van der Waals surface area contributed by atoms with Crippen LogP contribution in [0.1, 0.15) is 29.4 Å². The van der Waals surface area contributed by atoms with E-state index >= 15 is 0 Å². The molecule has 0 radical (unpaired) electrons. The van der Waals surface area contributed by atoms with Gasteiger partial charge in [0.2, 0.25) is 5.91 Å². The number of carbonyl (C=O) groups excluding carboxylic acids is 2. The summed E-state index contributed by atoms with van der Waals surface area (Å²) < 4.78 is 10.7. The molecule has 0 atom stereocenters. The molecular formula is C26H26N4O4. The van der Waals surface area contributed by atoms with Crippen LogP contribution in [0.15, 0.2) is 65.2 Å². The number of fused-ring (bicyclic) bond motifs is 1. The Morgan fingerprint density at radius 2 is 1.82 bits per heavy atom. The molecular weight excluding hydrogens is 432 g/mol. The Hall–Kier alpha value is -4.20. The van der Waals surface area contributed by atoms with E-state index in [4.69, 9.17) is 9.26 Å². The first-order valence-electron chi connectivity index (χ1n) is 11.1. The Morgan fingerprint density at radius 1 is 1.09 bits per heavy atom. The van der Waals surface area contributed by atoms with Crippen molar-refractivity contribution in [1.29, 1.82) is 0 Å². The molecule has 1 N–H and O–H groups in total. The first-order chi connectivity index (χ1) is 16.5. The molecule has 8 nitrogen and oxygen atoms in total. The van der Waals surface area contributed by atoms with Crippen molar-refractivity contribution in [2.24, 2.45) is 0 Å². The van der Waals surface area contributed by atoms with Crippen molar-refractivity contribution in [2.75, 3.05) is 25.5 Å². The number of nitrogens with one attached hydrogen (secondary N) is 1. The Bertz CT molecular complexity index is 1320. The van der Waals surface area contributed by atoms with E-state index in [9.17, 15) is 9.59 Å². The van der Waals surface area contributed by atoms with Crippen molar-refractivity contribution in [1.82, 2.24) is 15.0 Å². The van der Waals surface area contributed by atoms with Crippen LogP contribution in [0.5, 0.6) is 5.75 Å². The molecule has 0 unspecified atom stereocenters. The predicted octanol–water partition coefficient (Wildman–Crippen LogP) is 4.70. The van der Waals surface area contributed by atoms with E-state index in [-0.39, 0.29) is 24.1 Å². The normalized spacial score (nSPS) is 10.8. The van der Waals surface area contributed by atoms with Gasteiger partial charge in [0.15, 0.2) is 0 Å². The maximum atomic E-state index is 13.7. The summed E-state index contributed by atoms with van der Waals surface area (Å²) in [6.07, 6.45) is 0.691. The third kappa shape index (κ3) is 4.76. The quantitative estimate of drug-likeness (QED) is 0.411. The van der Waals surface area contributed by atoms with Gasteiger partial charge in [0.1, 0.15) is 12.3 Å². The molecule has 2 amide bonds. The minimum Gasteiger partial charge on any atom is -0.495 e. The highest BCUT2D eigenvalue weighted by Gasteiger charge is 2.25. The van der Waals surface area contributed by atoms with E-state index in [2.05, 4.69) is 15.5 Å². The largest absolute Gasteiger partial charge is 0.495 e. The molecule has 0 fully saturated rings. The summed E-state index contributed by atoms with van der Waals surface area (Å²) in [7, 11) is 1.54. The lowest BCUT2D eigenvalue weighted by Gasteiger charge is -2.22. The summed E-state index contributed by atoms with van der Waals surface area (Å²) in [6.45, 7) is 4.03. The Morgan fingerprint density at radius 3 is 2.56 bits per heavy atom. The molecule has 34 heavy (non-hydrogen) atoms. The van der Waals surface area contributed by atoms with E-state index in [1.807, 2.05) is 43.3 Å². The molecule has 0 saturated carbocycles. The third-order valence-corrected chi connectivity index (χ3v) is 5.41. The summed E-state index contributed by atoms with van der Waals surface area (Å²) in [5.74, 6) is -0.0532. The molecule has 2 heterocycles. The van der Waals surface area contributed by atoms with Gasteiger partial charge in [0, 0.05) is 12.1 Å². The third-order valence-electron chi connectivity index (χ3n) is 5.41. The van der Waals surface area contributed by atoms with Crippen molar-refractivity contribution >= 4 is 28.6 Å². The zero-order valence-corrected chi connectivity index (χ0v) is 19.4. The highest BCUT2D eigenvalue weighted by Crippen LogP contribution is 2.28. The summed E-state index contributed by atoms with van der Waals surface area (Å²) in [4.78, 5) is 32.7. The predicted molar refractivity (Wildman–Crippen MR) is 130 cm³/mol. The lowest BCUT2D eigenvalue weighted by atomic mass is 10.0. The number of rotatable bonds is 8. The number of methoxy groups -OCH3 is 1. The van der Waals surface area contributed by atoms with Crippen LogP contribution >= 0.6 is 0 Å². The number of nitrogens with zero attached hydrogens (tertiary/aromatic N) is 3. The van der Waals surface area contributed by atoms with Gasteiger partial charge in [0.05, 0.1) is 35.1 Å². The van der Waals surface area contributed by atoms with E-state index in [1.165, 1.54) is 12.0 Å². The molecule has 0 aliphatic heterocycles. The molecule has 0 aliphatic rings. The van der Waals surface area contributed by atoms with Gasteiger partial charge >= 0.3 is 0 Å². The molecule has 2 aromatic carbocycles. The van der Waals surface area contributed by atoms with Gasteiger partial charge in [-0.3, -0.25) is 9.59 Å². The number of aromatic nitrogens is 2. The maximum absolute atomic E-state index is 13.7. The van der Waals surface area contributed by atoms with Crippen LogP contribution in [-0.2, 0) is 4.79 Å². The summed E-state index contributed by atoms with van der Waals surface area (Å²) in [6, 6.07) is 18.4. The van der Waals surface area contributed by atoms with Crippen LogP contribution in [0.2, 0.25) is 0 Å². The number of anilines is 1. The molecule has 4 aromatic rings. The molecule has 174 valence electrons. The SMILES string of the molecule is CCCN(CC(=O)Nc1ccccc1OC)C(=O)c1cc(-c2ccccc2)nc2onc(C)c12. The number of hydrogen-bond acceptors (Lipinski definition) is 6. The fourth-order valence-electron chi connectivity index (χ4n) is 3.82. The van der Waals surface area contributed by atoms with Gasteiger partial charge in [-0.2, -0.15) is 0 Å². The number of ether oxygens (including phenoxy) is 1. The average Bonchev–Trinajstić information content (AvgIpc) is 3.24. The molecule has 4 rings (SSSR count). The fourth-order valence-corrected chi connectivity index (χ4v) is 3.82. The number of carbonyl (C=O) groups is 2. The first kappa shape index (κ1) is 23.0. The Balaban J connectivity index is 1.66. The average molecular weight is 459 g/mol. The van der Waals surface area contributed by atoms with E-state index in [1.54, 1.807) is 31.2 Å².